The molecule has 1 aromatic rings. The van der Waals surface area contributed by atoms with Crippen LogP contribution in [0.1, 0.15) is 43.1 Å². The van der Waals surface area contributed by atoms with Gasteiger partial charge in [-0.3, -0.25) is 9.88 Å². The van der Waals surface area contributed by atoms with E-state index in [1.807, 2.05) is 6.92 Å². The fraction of sp³-hybridized carbons (Fsp3) is 0.688. The monoisotopic (exact) mass is 365 g/mol. The van der Waals surface area contributed by atoms with E-state index >= 15 is 0 Å². The van der Waals surface area contributed by atoms with Crippen LogP contribution in [-0.4, -0.2) is 46.3 Å². The Morgan fingerprint density at radius 1 is 1.30 bits per heavy atom. The van der Waals surface area contributed by atoms with Crippen LogP contribution >= 0.6 is 24.8 Å². The zero-order valence-electron chi connectivity index (χ0n) is 14.1. The number of piperazine rings is 1. The largest absolute Gasteiger partial charge is 0.506 e. The topological polar surface area (TPSA) is 68.6 Å². The van der Waals surface area contributed by atoms with E-state index in [1.165, 1.54) is 0 Å². The highest BCUT2D eigenvalue weighted by atomic mass is 35.5. The number of aliphatic hydroxyl groups is 1. The van der Waals surface area contributed by atoms with E-state index < -0.39 is 0 Å². The molecule has 0 aromatic carbocycles. The second-order valence-electron chi connectivity index (χ2n) is 5.91. The third-order valence-corrected chi connectivity index (χ3v) is 4.55. The lowest BCUT2D eigenvalue weighted by Crippen LogP contribution is -2.46. The molecule has 1 fully saturated rings. The van der Waals surface area contributed by atoms with E-state index in [-0.39, 0.29) is 43.2 Å². The molecule has 7 heteroatoms. The average molecular weight is 366 g/mol. The molecule has 2 rings (SSSR count). The number of hydrogen-bond acceptors (Lipinski definition) is 5. The molecule has 0 spiro atoms. The number of rotatable bonds is 5. The Hall–Kier alpha value is -0.590. The van der Waals surface area contributed by atoms with Crippen LogP contribution in [0.15, 0.2) is 6.20 Å². The normalized spacial score (nSPS) is 17.7. The number of nitrogens with zero attached hydrogens (tertiary/aromatic N) is 2. The molecular weight excluding hydrogens is 337 g/mol. The van der Waals surface area contributed by atoms with Crippen LogP contribution < -0.4 is 5.32 Å². The summed E-state index contributed by atoms with van der Waals surface area (Å²) in [5.41, 5.74) is 2.23. The number of nitrogens with one attached hydrogen (secondary N) is 1. The molecule has 1 aliphatic rings. The number of aryl methyl sites for hydroxylation is 1. The van der Waals surface area contributed by atoms with Gasteiger partial charge in [0.05, 0.1) is 12.3 Å². The molecule has 1 aliphatic heterocycles. The lowest BCUT2D eigenvalue weighted by molar-refractivity contribution is 0.123. The maximum Gasteiger partial charge on any atom is 0.141 e. The third kappa shape index (κ3) is 4.94. The number of aromatic nitrogens is 1. The molecule has 23 heavy (non-hydrogen) atoms. The molecule has 2 heterocycles. The van der Waals surface area contributed by atoms with Gasteiger partial charge >= 0.3 is 0 Å². The van der Waals surface area contributed by atoms with Crippen molar-refractivity contribution < 1.29 is 10.2 Å². The summed E-state index contributed by atoms with van der Waals surface area (Å²) in [6.45, 7) is 9.95. The molecule has 5 nitrogen and oxygen atoms in total. The van der Waals surface area contributed by atoms with Crippen LogP contribution in [0.5, 0.6) is 5.75 Å². The predicted octanol–water partition coefficient (Wildman–Crippen LogP) is 2.42. The summed E-state index contributed by atoms with van der Waals surface area (Å²) in [7, 11) is 0. The van der Waals surface area contributed by atoms with Crippen LogP contribution in [0.2, 0.25) is 0 Å². The van der Waals surface area contributed by atoms with Gasteiger partial charge in [-0.2, -0.15) is 0 Å². The molecule has 0 aliphatic carbocycles. The highest BCUT2D eigenvalue weighted by molar-refractivity contribution is 5.85. The second-order valence-corrected chi connectivity index (χ2v) is 5.91. The summed E-state index contributed by atoms with van der Waals surface area (Å²) < 4.78 is 0. The first kappa shape index (κ1) is 22.4. The minimum absolute atomic E-state index is 0. The minimum Gasteiger partial charge on any atom is -0.506 e. The third-order valence-electron chi connectivity index (χ3n) is 4.55. The first-order valence-corrected chi connectivity index (χ1v) is 7.83. The zero-order valence-corrected chi connectivity index (χ0v) is 15.7. The van der Waals surface area contributed by atoms with E-state index in [4.69, 9.17) is 0 Å². The number of halogens is 2. The van der Waals surface area contributed by atoms with Crippen LogP contribution in [0, 0.1) is 12.8 Å². The van der Waals surface area contributed by atoms with E-state index in [0.717, 1.165) is 43.7 Å². The quantitative estimate of drug-likeness (QED) is 0.747. The number of hydrogen-bond donors (Lipinski definition) is 3. The van der Waals surface area contributed by atoms with Gasteiger partial charge in [-0.1, -0.05) is 20.3 Å². The van der Waals surface area contributed by atoms with Crippen LogP contribution in [-0.2, 0) is 6.61 Å². The Labute approximate surface area is 151 Å². The van der Waals surface area contributed by atoms with Crippen molar-refractivity contribution in [1.82, 2.24) is 15.2 Å². The minimum atomic E-state index is -0.0881. The number of aliphatic hydroxyl groups excluding tert-OH is 1. The summed E-state index contributed by atoms with van der Waals surface area (Å²) in [5.74, 6) is 0.645. The van der Waals surface area contributed by atoms with Gasteiger partial charge in [0.15, 0.2) is 0 Å². The van der Waals surface area contributed by atoms with Crippen molar-refractivity contribution in [2.24, 2.45) is 5.92 Å². The lowest BCUT2D eigenvalue weighted by atomic mass is 9.87. The number of pyridine rings is 1. The first-order chi connectivity index (χ1) is 10.1. The van der Waals surface area contributed by atoms with Gasteiger partial charge in [-0.25, -0.2) is 0 Å². The van der Waals surface area contributed by atoms with Gasteiger partial charge in [-0.05, 0) is 12.8 Å². The lowest BCUT2D eigenvalue weighted by Gasteiger charge is -2.39. The Morgan fingerprint density at radius 3 is 2.43 bits per heavy atom. The van der Waals surface area contributed by atoms with Gasteiger partial charge in [0.1, 0.15) is 5.75 Å². The summed E-state index contributed by atoms with van der Waals surface area (Å²) in [5, 5.41) is 23.6. The van der Waals surface area contributed by atoms with Crippen molar-refractivity contribution >= 4 is 24.8 Å². The van der Waals surface area contributed by atoms with Crippen molar-refractivity contribution in [2.45, 2.75) is 39.8 Å². The van der Waals surface area contributed by atoms with E-state index in [2.05, 4.69) is 29.0 Å². The van der Waals surface area contributed by atoms with Crippen LogP contribution in [0.25, 0.3) is 0 Å². The molecule has 134 valence electrons. The Bertz CT molecular complexity index is 483. The molecule has 0 saturated carbocycles. The van der Waals surface area contributed by atoms with Crippen molar-refractivity contribution in [3.63, 3.8) is 0 Å². The fourth-order valence-electron chi connectivity index (χ4n) is 3.12. The Kier molecular flexibility index (Phi) is 10.0. The zero-order chi connectivity index (χ0) is 15.4. The standard InChI is InChI=1S/C16H27N3O2.2ClH/c1-4-11(2)15(19-7-5-17-6-8-19)14-13(10-20)9-18-12(3)16(14)21;;/h9,11,15,17,20-21H,4-8,10H2,1-3H3;2*1H/t11?,15-;;/m1../s1. The SMILES string of the molecule is CCC(C)[C@H](c1c(CO)cnc(C)c1O)N1CCNCC1.Cl.Cl. The summed E-state index contributed by atoms with van der Waals surface area (Å²) in [6, 6.07) is 0.126. The van der Waals surface area contributed by atoms with E-state index in [1.54, 1.807) is 6.20 Å². The maximum absolute atomic E-state index is 10.5. The highest BCUT2D eigenvalue weighted by Gasteiger charge is 2.31. The van der Waals surface area contributed by atoms with Gasteiger partial charge in [-0.15, -0.1) is 24.8 Å². The molecule has 1 saturated heterocycles. The van der Waals surface area contributed by atoms with Gasteiger partial charge in [0.25, 0.3) is 0 Å². The predicted molar refractivity (Wildman–Crippen MR) is 97.7 cm³/mol. The Morgan fingerprint density at radius 2 is 1.91 bits per heavy atom. The van der Waals surface area contributed by atoms with Crippen molar-refractivity contribution in [1.29, 1.82) is 0 Å². The summed E-state index contributed by atoms with van der Waals surface area (Å²) >= 11 is 0. The molecule has 0 amide bonds. The van der Waals surface area contributed by atoms with Crippen LogP contribution in [0.4, 0.5) is 0 Å². The highest BCUT2D eigenvalue weighted by Crippen LogP contribution is 2.39. The fourth-order valence-corrected chi connectivity index (χ4v) is 3.12. The first-order valence-electron chi connectivity index (χ1n) is 7.83. The molecule has 0 bridgehead atoms. The van der Waals surface area contributed by atoms with Crippen LogP contribution in [0.3, 0.4) is 0 Å². The molecule has 1 aromatic heterocycles. The smallest absolute Gasteiger partial charge is 0.141 e. The van der Waals surface area contributed by atoms with Crippen molar-refractivity contribution in [3.8, 4) is 5.75 Å². The average Bonchev–Trinajstić information content (AvgIpc) is 2.52. The molecule has 2 atom stereocenters. The Balaban J connectivity index is 0.00000242. The maximum atomic E-state index is 10.5. The molecule has 3 N–H and O–H groups in total. The van der Waals surface area contributed by atoms with E-state index in [0.29, 0.717) is 11.6 Å². The molecule has 0 radical (unpaired) electrons. The second kappa shape index (κ2) is 10.3. The van der Waals surface area contributed by atoms with Gasteiger partial charge in [0.2, 0.25) is 0 Å². The van der Waals surface area contributed by atoms with E-state index in [9.17, 15) is 10.2 Å². The summed E-state index contributed by atoms with van der Waals surface area (Å²) in [6.07, 6.45) is 2.72. The molecule has 1 unspecified atom stereocenters. The van der Waals surface area contributed by atoms with Gasteiger partial charge < -0.3 is 15.5 Å². The van der Waals surface area contributed by atoms with Gasteiger partial charge in [0, 0.05) is 49.5 Å². The number of aromatic hydroxyl groups is 1. The summed E-state index contributed by atoms with van der Waals surface area (Å²) in [4.78, 5) is 6.60. The van der Waals surface area contributed by atoms with Crippen molar-refractivity contribution in [2.75, 3.05) is 26.2 Å². The van der Waals surface area contributed by atoms with Crippen molar-refractivity contribution in [3.05, 3.63) is 23.0 Å². The molecular formula is C16H29Cl2N3O2.